The molecule has 1 amide bonds. The van der Waals surface area contributed by atoms with Crippen LogP contribution in [0.3, 0.4) is 0 Å². The summed E-state index contributed by atoms with van der Waals surface area (Å²) in [7, 11) is 0. The number of nitrogens with one attached hydrogen (secondary N) is 1. The number of halogens is 1. The fourth-order valence-corrected chi connectivity index (χ4v) is 2.18. The Labute approximate surface area is 111 Å². The lowest BCUT2D eigenvalue weighted by molar-refractivity contribution is 0.0940. The van der Waals surface area contributed by atoms with Crippen molar-refractivity contribution in [1.82, 2.24) is 5.32 Å². The van der Waals surface area contributed by atoms with E-state index in [0.717, 1.165) is 12.8 Å². The van der Waals surface area contributed by atoms with Gasteiger partial charge < -0.3 is 15.5 Å². The summed E-state index contributed by atoms with van der Waals surface area (Å²) in [5.41, 5.74) is 0.338. The van der Waals surface area contributed by atoms with Crippen LogP contribution in [0.1, 0.15) is 29.6 Å². The monoisotopic (exact) mass is 269 g/mol. The molecule has 1 saturated carbocycles. The summed E-state index contributed by atoms with van der Waals surface area (Å²) < 4.78 is 0. The first-order chi connectivity index (χ1) is 8.56. The van der Waals surface area contributed by atoms with Crippen LogP contribution in [0.5, 0.6) is 5.75 Å². The average Bonchev–Trinajstić information content (AvgIpc) is 3.10. The van der Waals surface area contributed by atoms with Crippen molar-refractivity contribution in [3.63, 3.8) is 0 Å². The molecule has 0 heterocycles. The van der Waals surface area contributed by atoms with Crippen LogP contribution in [-0.4, -0.2) is 29.3 Å². The number of aliphatic hydroxyl groups is 1. The van der Waals surface area contributed by atoms with Crippen molar-refractivity contribution in [3.05, 3.63) is 28.8 Å². The number of aliphatic hydroxyl groups excluding tert-OH is 1. The molecule has 0 unspecified atom stereocenters. The molecule has 0 saturated heterocycles. The third-order valence-corrected chi connectivity index (χ3v) is 3.75. The summed E-state index contributed by atoms with van der Waals surface area (Å²) in [5.74, 6) is -0.277. The third-order valence-electron chi connectivity index (χ3n) is 3.42. The number of carbonyl (C=O) groups excluding carboxylic acids is 1. The van der Waals surface area contributed by atoms with Crippen molar-refractivity contribution in [3.8, 4) is 5.75 Å². The zero-order valence-corrected chi connectivity index (χ0v) is 10.7. The first-order valence-corrected chi connectivity index (χ1v) is 6.32. The Balaban J connectivity index is 1.98. The number of rotatable bonds is 5. The van der Waals surface area contributed by atoms with Crippen molar-refractivity contribution >= 4 is 17.5 Å². The largest absolute Gasteiger partial charge is 0.508 e. The van der Waals surface area contributed by atoms with Gasteiger partial charge in [-0.2, -0.15) is 0 Å². The standard InChI is InChI=1S/C13H16ClNO3/c14-11-2-1-9(17)7-10(11)12(18)15-8-13(3-4-13)5-6-16/h1-2,7,16-17H,3-6,8H2,(H,15,18). The molecule has 0 bridgehead atoms. The molecule has 1 fully saturated rings. The van der Waals surface area contributed by atoms with Crippen LogP contribution in [0.4, 0.5) is 0 Å². The van der Waals surface area contributed by atoms with Crippen LogP contribution in [0, 0.1) is 5.41 Å². The van der Waals surface area contributed by atoms with Gasteiger partial charge in [-0.1, -0.05) is 11.6 Å². The number of aromatic hydroxyl groups is 1. The van der Waals surface area contributed by atoms with E-state index in [0.29, 0.717) is 18.0 Å². The predicted octanol–water partition coefficient (Wildman–Crippen LogP) is 1.94. The van der Waals surface area contributed by atoms with Gasteiger partial charge in [0.05, 0.1) is 10.6 Å². The zero-order valence-electron chi connectivity index (χ0n) is 9.95. The number of hydrogen-bond acceptors (Lipinski definition) is 3. The third kappa shape index (κ3) is 2.94. The summed E-state index contributed by atoms with van der Waals surface area (Å²) in [6.07, 6.45) is 2.77. The second kappa shape index (κ2) is 5.16. The molecule has 4 nitrogen and oxygen atoms in total. The maximum Gasteiger partial charge on any atom is 0.252 e. The summed E-state index contributed by atoms with van der Waals surface area (Å²) in [5, 5.41) is 21.4. The SMILES string of the molecule is O=C(NCC1(CCO)CC1)c1cc(O)ccc1Cl. The van der Waals surface area contributed by atoms with E-state index in [1.54, 1.807) is 0 Å². The number of hydrogen-bond donors (Lipinski definition) is 3. The molecule has 18 heavy (non-hydrogen) atoms. The van der Waals surface area contributed by atoms with Gasteiger partial charge in [-0.3, -0.25) is 4.79 Å². The summed E-state index contributed by atoms with van der Waals surface area (Å²) in [6.45, 7) is 0.682. The topological polar surface area (TPSA) is 69.6 Å². The molecule has 0 radical (unpaired) electrons. The summed E-state index contributed by atoms with van der Waals surface area (Å²) in [6, 6.07) is 4.28. The van der Waals surface area contributed by atoms with E-state index in [1.807, 2.05) is 0 Å². The van der Waals surface area contributed by atoms with Gasteiger partial charge in [-0.15, -0.1) is 0 Å². The highest BCUT2D eigenvalue weighted by Crippen LogP contribution is 2.47. The molecule has 1 aromatic carbocycles. The van der Waals surface area contributed by atoms with E-state index in [1.165, 1.54) is 18.2 Å². The van der Waals surface area contributed by atoms with Crippen molar-refractivity contribution < 1.29 is 15.0 Å². The Morgan fingerprint density at radius 1 is 1.44 bits per heavy atom. The lowest BCUT2D eigenvalue weighted by Gasteiger charge is -2.15. The van der Waals surface area contributed by atoms with Gasteiger partial charge in [0, 0.05) is 13.2 Å². The Kier molecular flexibility index (Phi) is 3.78. The molecule has 0 aromatic heterocycles. The molecule has 3 N–H and O–H groups in total. The highest BCUT2D eigenvalue weighted by Gasteiger charge is 2.41. The van der Waals surface area contributed by atoms with Crippen LogP contribution in [0.15, 0.2) is 18.2 Å². The first kappa shape index (κ1) is 13.2. The Hall–Kier alpha value is -1.26. The molecule has 0 atom stereocenters. The van der Waals surface area contributed by atoms with Crippen molar-refractivity contribution in [2.24, 2.45) is 5.41 Å². The van der Waals surface area contributed by atoms with Gasteiger partial charge >= 0.3 is 0 Å². The van der Waals surface area contributed by atoms with Gasteiger partial charge in [-0.05, 0) is 42.9 Å². The van der Waals surface area contributed by atoms with Crippen LogP contribution >= 0.6 is 11.6 Å². The highest BCUT2D eigenvalue weighted by molar-refractivity contribution is 6.33. The minimum absolute atomic E-state index is 0.0149. The molecule has 0 spiro atoms. The van der Waals surface area contributed by atoms with Gasteiger partial charge in [0.25, 0.3) is 5.91 Å². The second-order valence-electron chi connectivity index (χ2n) is 4.82. The molecule has 2 rings (SSSR count). The van der Waals surface area contributed by atoms with E-state index < -0.39 is 0 Å². The summed E-state index contributed by atoms with van der Waals surface area (Å²) >= 11 is 5.91. The fraction of sp³-hybridized carbons (Fsp3) is 0.462. The smallest absolute Gasteiger partial charge is 0.252 e. The minimum atomic E-state index is -0.292. The van der Waals surface area contributed by atoms with Gasteiger partial charge in [0.2, 0.25) is 0 Å². The molecule has 5 heteroatoms. The molecule has 1 aliphatic carbocycles. The molecule has 1 aliphatic rings. The number of phenols is 1. The molecule has 0 aliphatic heterocycles. The quantitative estimate of drug-likeness (QED) is 0.765. The zero-order chi connectivity index (χ0) is 13.2. The fourth-order valence-electron chi connectivity index (χ4n) is 1.98. The van der Waals surface area contributed by atoms with Gasteiger partial charge in [0.1, 0.15) is 5.75 Å². The Morgan fingerprint density at radius 3 is 2.78 bits per heavy atom. The predicted molar refractivity (Wildman–Crippen MR) is 68.8 cm³/mol. The average molecular weight is 270 g/mol. The van der Waals surface area contributed by atoms with Crippen molar-refractivity contribution in [2.45, 2.75) is 19.3 Å². The first-order valence-electron chi connectivity index (χ1n) is 5.94. The van der Waals surface area contributed by atoms with E-state index in [2.05, 4.69) is 5.32 Å². The van der Waals surface area contributed by atoms with Crippen LogP contribution in [-0.2, 0) is 0 Å². The van der Waals surface area contributed by atoms with Crippen LogP contribution in [0.25, 0.3) is 0 Å². The van der Waals surface area contributed by atoms with Crippen LogP contribution in [0.2, 0.25) is 5.02 Å². The number of carbonyl (C=O) groups is 1. The molecular formula is C13H16ClNO3. The maximum absolute atomic E-state index is 11.9. The van der Waals surface area contributed by atoms with Gasteiger partial charge in [-0.25, -0.2) is 0 Å². The Morgan fingerprint density at radius 2 is 2.17 bits per heavy atom. The number of benzene rings is 1. The van der Waals surface area contributed by atoms with Crippen LogP contribution < -0.4 is 5.32 Å². The second-order valence-corrected chi connectivity index (χ2v) is 5.23. The minimum Gasteiger partial charge on any atom is -0.508 e. The lowest BCUT2D eigenvalue weighted by atomic mass is 10.0. The van der Waals surface area contributed by atoms with E-state index >= 15 is 0 Å². The van der Waals surface area contributed by atoms with E-state index in [4.69, 9.17) is 16.7 Å². The van der Waals surface area contributed by atoms with Crippen molar-refractivity contribution in [1.29, 1.82) is 0 Å². The maximum atomic E-state index is 11.9. The molecule has 98 valence electrons. The van der Waals surface area contributed by atoms with Gasteiger partial charge in [0.15, 0.2) is 0 Å². The molecular weight excluding hydrogens is 254 g/mol. The number of amides is 1. The van der Waals surface area contributed by atoms with E-state index in [9.17, 15) is 9.90 Å². The Bertz CT molecular complexity index is 458. The summed E-state index contributed by atoms with van der Waals surface area (Å²) in [4.78, 5) is 11.9. The highest BCUT2D eigenvalue weighted by atomic mass is 35.5. The lowest BCUT2D eigenvalue weighted by Crippen LogP contribution is -2.30. The molecule has 1 aromatic rings. The van der Waals surface area contributed by atoms with Crippen molar-refractivity contribution in [2.75, 3.05) is 13.2 Å². The van der Waals surface area contributed by atoms with E-state index in [-0.39, 0.29) is 29.2 Å². The normalized spacial score (nSPS) is 16.3. The number of phenolic OH excluding ortho intramolecular Hbond substituents is 1.